The van der Waals surface area contributed by atoms with Crippen LogP contribution in [-0.2, 0) is 0 Å². The van der Waals surface area contributed by atoms with Crippen molar-refractivity contribution >= 4 is 23.2 Å². The van der Waals surface area contributed by atoms with E-state index in [2.05, 4.69) is 5.32 Å². The average Bonchev–Trinajstić information content (AvgIpc) is 2.44. The third-order valence-electron chi connectivity index (χ3n) is 3.39. The van der Waals surface area contributed by atoms with Gasteiger partial charge in [0.2, 0.25) is 0 Å². The summed E-state index contributed by atoms with van der Waals surface area (Å²) in [5, 5.41) is 12.7. The molecule has 20 heavy (non-hydrogen) atoms. The number of hydrogen-bond donors (Lipinski definition) is 2. The van der Waals surface area contributed by atoms with E-state index in [-0.39, 0.29) is 5.02 Å². The summed E-state index contributed by atoms with van der Waals surface area (Å²) >= 11 is 11.7. The zero-order chi connectivity index (χ0) is 14.8. The molecule has 1 aromatic carbocycles. The fourth-order valence-electron chi connectivity index (χ4n) is 2.43. The average molecular weight is 325 g/mol. The van der Waals surface area contributed by atoms with Gasteiger partial charge in [-0.05, 0) is 17.7 Å². The van der Waals surface area contributed by atoms with Crippen molar-refractivity contribution in [1.29, 1.82) is 0 Å². The fraction of sp³-hybridized carbons (Fsp3) is 0.538. The molecule has 0 radical (unpaired) electrons. The Labute approximate surface area is 126 Å². The first-order valence-electron chi connectivity index (χ1n) is 6.34. The van der Waals surface area contributed by atoms with Crippen molar-refractivity contribution in [2.24, 2.45) is 0 Å². The molecule has 1 saturated heterocycles. The van der Waals surface area contributed by atoms with Crippen molar-refractivity contribution < 1.29 is 13.9 Å². The number of alkyl halides is 2. The molecule has 0 unspecified atom stereocenters. The molecule has 0 aromatic heterocycles. The highest BCUT2D eigenvalue weighted by atomic mass is 35.5. The molecule has 1 aromatic rings. The van der Waals surface area contributed by atoms with E-state index >= 15 is 0 Å². The van der Waals surface area contributed by atoms with Gasteiger partial charge in [-0.3, -0.25) is 4.90 Å². The second-order valence-corrected chi connectivity index (χ2v) is 5.60. The summed E-state index contributed by atoms with van der Waals surface area (Å²) in [6, 6.07) is 3.27. The molecule has 0 saturated carbocycles. The Morgan fingerprint density at radius 3 is 2.45 bits per heavy atom. The van der Waals surface area contributed by atoms with Crippen LogP contribution in [0.25, 0.3) is 0 Å². The zero-order valence-corrected chi connectivity index (χ0v) is 12.3. The highest BCUT2D eigenvalue weighted by molar-refractivity contribution is 6.42. The number of hydrogen-bond acceptors (Lipinski definition) is 3. The summed E-state index contributed by atoms with van der Waals surface area (Å²) < 4.78 is 28.3. The number of nitrogens with one attached hydrogen (secondary N) is 1. The van der Waals surface area contributed by atoms with Gasteiger partial charge in [0.05, 0.1) is 10.0 Å². The molecule has 1 atom stereocenters. The molecular weight excluding hydrogens is 309 g/mol. The van der Waals surface area contributed by atoms with Gasteiger partial charge in [-0.2, -0.15) is 0 Å². The van der Waals surface area contributed by atoms with Crippen molar-refractivity contribution in [3.63, 3.8) is 0 Å². The Hall–Kier alpha value is -0.460. The van der Waals surface area contributed by atoms with Gasteiger partial charge in [0, 0.05) is 26.2 Å². The number of rotatable bonds is 4. The highest BCUT2D eigenvalue weighted by Crippen LogP contribution is 2.38. The van der Waals surface area contributed by atoms with E-state index < -0.39 is 18.6 Å². The second-order valence-electron chi connectivity index (χ2n) is 4.78. The van der Waals surface area contributed by atoms with Gasteiger partial charge in [0.1, 0.15) is 12.6 Å². The van der Waals surface area contributed by atoms with Gasteiger partial charge in [-0.1, -0.05) is 29.3 Å². The Morgan fingerprint density at radius 2 is 1.90 bits per heavy atom. The first-order valence-corrected chi connectivity index (χ1v) is 7.09. The van der Waals surface area contributed by atoms with Crippen molar-refractivity contribution in [3.8, 4) is 0 Å². The smallest absolute Gasteiger partial charge is 0.289 e. The fourth-order valence-corrected chi connectivity index (χ4v) is 2.74. The molecule has 0 amide bonds. The van der Waals surface area contributed by atoms with Gasteiger partial charge in [-0.25, -0.2) is 8.78 Å². The van der Waals surface area contributed by atoms with Crippen LogP contribution in [0.4, 0.5) is 8.78 Å². The maximum Gasteiger partial charge on any atom is 0.289 e. The molecule has 1 aliphatic heterocycles. The molecule has 2 rings (SSSR count). The number of piperazine rings is 1. The largest absolute Gasteiger partial charge is 0.390 e. The normalized spacial score (nSPS) is 19.1. The molecule has 1 fully saturated rings. The SMILES string of the molecule is OCC(F)(F)[C@H](c1ccc(Cl)c(Cl)c1)N1CCNCC1. The molecule has 1 heterocycles. The van der Waals surface area contributed by atoms with Crippen LogP contribution in [0, 0.1) is 0 Å². The van der Waals surface area contributed by atoms with Crippen LogP contribution < -0.4 is 5.32 Å². The lowest BCUT2D eigenvalue weighted by molar-refractivity contribution is -0.118. The number of halogens is 4. The minimum Gasteiger partial charge on any atom is -0.390 e. The monoisotopic (exact) mass is 324 g/mol. The van der Waals surface area contributed by atoms with Crippen LogP contribution >= 0.6 is 23.2 Å². The maximum atomic E-state index is 14.1. The summed E-state index contributed by atoms with van der Waals surface area (Å²) in [6.07, 6.45) is 0. The Bertz CT molecular complexity index is 468. The number of aliphatic hydroxyl groups is 1. The third-order valence-corrected chi connectivity index (χ3v) is 4.13. The maximum absolute atomic E-state index is 14.1. The summed E-state index contributed by atoms with van der Waals surface area (Å²) in [5.74, 6) is -3.24. The predicted octanol–water partition coefficient (Wildman–Crippen LogP) is 2.57. The summed E-state index contributed by atoms with van der Waals surface area (Å²) in [6.45, 7) is 1.04. The zero-order valence-electron chi connectivity index (χ0n) is 10.8. The van der Waals surface area contributed by atoms with E-state index in [0.717, 1.165) is 0 Å². The summed E-state index contributed by atoms with van der Waals surface area (Å²) in [4.78, 5) is 1.66. The Balaban J connectivity index is 2.36. The summed E-state index contributed by atoms with van der Waals surface area (Å²) in [7, 11) is 0. The van der Waals surface area contributed by atoms with E-state index in [4.69, 9.17) is 28.3 Å². The van der Waals surface area contributed by atoms with E-state index in [0.29, 0.717) is 36.8 Å². The third kappa shape index (κ3) is 3.40. The van der Waals surface area contributed by atoms with Crippen molar-refractivity contribution in [2.45, 2.75) is 12.0 Å². The molecule has 2 N–H and O–H groups in total. The van der Waals surface area contributed by atoms with Crippen LogP contribution in [0.1, 0.15) is 11.6 Å². The molecule has 7 heteroatoms. The molecular formula is C13H16Cl2F2N2O. The minimum atomic E-state index is -3.24. The topological polar surface area (TPSA) is 35.5 Å². The van der Waals surface area contributed by atoms with Gasteiger partial charge < -0.3 is 10.4 Å². The summed E-state index contributed by atoms with van der Waals surface area (Å²) in [5.41, 5.74) is 0.361. The first kappa shape index (κ1) is 15.9. The van der Waals surface area contributed by atoms with Crippen molar-refractivity contribution in [1.82, 2.24) is 10.2 Å². The lowest BCUT2D eigenvalue weighted by atomic mass is 9.98. The molecule has 1 aliphatic rings. The van der Waals surface area contributed by atoms with Crippen LogP contribution in [0.5, 0.6) is 0 Å². The standard InChI is InChI=1S/C13H16Cl2F2N2O/c14-10-2-1-9(7-11(10)15)12(13(16,17)8-20)19-5-3-18-4-6-19/h1-2,7,12,18,20H,3-6,8H2/t12-/m0/s1. The van der Waals surface area contributed by atoms with E-state index in [1.54, 1.807) is 4.90 Å². The van der Waals surface area contributed by atoms with Gasteiger partial charge >= 0.3 is 0 Å². The van der Waals surface area contributed by atoms with Crippen LogP contribution in [0.15, 0.2) is 18.2 Å². The minimum absolute atomic E-state index is 0.234. The van der Waals surface area contributed by atoms with Crippen molar-refractivity contribution in [2.75, 3.05) is 32.8 Å². The number of benzene rings is 1. The Kier molecular flexibility index (Phi) is 5.20. The second kappa shape index (κ2) is 6.54. The van der Waals surface area contributed by atoms with Crippen LogP contribution in [0.2, 0.25) is 10.0 Å². The lowest BCUT2D eigenvalue weighted by Crippen LogP contribution is -2.51. The van der Waals surface area contributed by atoms with Crippen molar-refractivity contribution in [3.05, 3.63) is 33.8 Å². The van der Waals surface area contributed by atoms with Crippen LogP contribution in [0.3, 0.4) is 0 Å². The van der Waals surface area contributed by atoms with E-state index in [1.165, 1.54) is 18.2 Å². The van der Waals surface area contributed by atoms with Crippen LogP contribution in [-0.4, -0.2) is 48.7 Å². The number of nitrogens with zero attached hydrogens (tertiary/aromatic N) is 1. The Morgan fingerprint density at radius 1 is 1.25 bits per heavy atom. The molecule has 0 aliphatic carbocycles. The molecule has 0 bridgehead atoms. The predicted molar refractivity (Wildman–Crippen MR) is 75.7 cm³/mol. The highest BCUT2D eigenvalue weighted by Gasteiger charge is 2.44. The van der Waals surface area contributed by atoms with Gasteiger partial charge in [0.15, 0.2) is 0 Å². The quantitative estimate of drug-likeness (QED) is 0.893. The van der Waals surface area contributed by atoms with Gasteiger partial charge in [0.25, 0.3) is 5.92 Å². The number of aliphatic hydroxyl groups excluding tert-OH is 1. The van der Waals surface area contributed by atoms with E-state index in [9.17, 15) is 8.78 Å². The first-order chi connectivity index (χ1) is 9.45. The lowest BCUT2D eigenvalue weighted by Gasteiger charge is -2.38. The van der Waals surface area contributed by atoms with Gasteiger partial charge in [-0.15, -0.1) is 0 Å². The molecule has 3 nitrogen and oxygen atoms in total. The molecule has 112 valence electrons. The van der Waals surface area contributed by atoms with E-state index in [1.807, 2.05) is 0 Å². The molecule has 0 spiro atoms.